The molecule has 3 aromatic rings. The van der Waals surface area contributed by atoms with E-state index in [0.717, 1.165) is 70.9 Å². The predicted molar refractivity (Wildman–Crippen MR) is 112 cm³/mol. The van der Waals surface area contributed by atoms with Gasteiger partial charge in [0.2, 0.25) is 0 Å². The van der Waals surface area contributed by atoms with E-state index < -0.39 is 0 Å². The number of ether oxygens (including phenoxy) is 2. The normalized spacial score (nSPS) is 15.3. The minimum absolute atomic E-state index is 0.543. The SMILES string of the molecule is COc1ccc(-c2csc3nc(SCCN4CCOCC4)nc(N)c23)cc1. The van der Waals surface area contributed by atoms with E-state index >= 15 is 0 Å². The Kier molecular flexibility index (Phi) is 5.77. The van der Waals surface area contributed by atoms with E-state index in [9.17, 15) is 0 Å². The van der Waals surface area contributed by atoms with E-state index in [4.69, 9.17) is 20.2 Å². The molecule has 2 aromatic heterocycles. The molecule has 0 radical (unpaired) electrons. The Hall–Kier alpha value is -1.87. The molecule has 142 valence electrons. The maximum absolute atomic E-state index is 6.30. The van der Waals surface area contributed by atoms with Crippen LogP contribution < -0.4 is 10.5 Å². The summed E-state index contributed by atoms with van der Waals surface area (Å²) in [6, 6.07) is 7.97. The highest BCUT2D eigenvalue weighted by Gasteiger charge is 2.15. The number of hydrogen-bond donors (Lipinski definition) is 1. The molecule has 0 spiro atoms. The van der Waals surface area contributed by atoms with Crippen molar-refractivity contribution in [2.75, 3.05) is 51.4 Å². The summed E-state index contributed by atoms with van der Waals surface area (Å²) < 4.78 is 10.6. The minimum Gasteiger partial charge on any atom is -0.497 e. The van der Waals surface area contributed by atoms with Crippen molar-refractivity contribution in [2.24, 2.45) is 0 Å². The van der Waals surface area contributed by atoms with Crippen molar-refractivity contribution >= 4 is 39.1 Å². The quantitative estimate of drug-likeness (QED) is 0.500. The third-order valence-electron chi connectivity index (χ3n) is 4.58. The standard InChI is InChI=1S/C19H22N4O2S2/c1-24-14-4-2-13(3-5-14)15-12-27-18-16(15)17(20)21-19(22-18)26-11-8-23-6-9-25-10-7-23/h2-5,12H,6-11H2,1H3,(H2,20,21,22). The first-order valence-electron chi connectivity index (χ1n) is 8.86. The Morgan fingerprint density at radius 3 is 2.74 bits per heavy atom. The van der Waals surface area contributed by atoms with E-state index in [-0.39, 0.29) is 0 Å². The number of morpholine rings is 1. The fourth-order valence-electron chi connectivity index (χ4n) is 3.09. The van der Waals surface area contributed by atoms with E-state index in [1.807, 2.05) is 24.3 Å². The Bertz CT molecular complexity index is 908. The first-order valence-corrected chi connectivity index (χ1v) is 10.7. The van der Waals surface area contributed by atoms with Crippen molar-refractivity contribution in [2.45, 2.75) is 5.16 Å². The summed E-state index contributed by atoms with van der Waals surface area (Å²) in [6.45, 7) is 4.65. The van der Waals surface area contributed by atoms with Gasteiger partial charge in [-0.25, -0.2) is 9.97 Å². The van der Waals surface area contributed by atoms with Gasteiger partial charge in [-0.15, -0.1) is 11.3 Å². The van der Waals surface area contributed by atoms with Crippen molar-refractivity contribution in [3.8, 4) is 16.9 Å². The largest absolute Gasteiger partial charge is 0.497 e. The molecule has 0 aliphatic carbocycles. The highest BCUT2D eigenvalue weighted by molar-refractivity contribution is 7.99. The molecule has 1 aliphatic heterocycles. The van der Waals surface area contributed by atoms with Gasteiger partial charge >= 0.3 is 0 Å². The molecule has 0 amide bonds. The maximum atomic E-state index is 6.30. The number of nitrogen functional groups attached to an aromatic ring is 1. The Morgan fingerprint density at radius 1 is 1.22 bits per heavy atom. The summed E-state index contributed by atoms with van der Waals surface area (Å²) in [5.74, 6) is 2.32. The van der Waals surface area contributed by atoms with Crippen molar-refractivity contribution in [1.29, 1.82) is 0 Å². The zero-order valence-electron chi connectivity index (χ0n) is 15.2. The molecule has 0 unspecified atom stereocenters. The molecular weight excluding hydrogens is 380 g/mol. The molecule has 1 fully saturated rings. The maximum Gasteiger partial charge on any atom is 0.190 e. The fourth-order valence-corrected chi connectivity index (χ4v) is 4.95. The van der Waals surface area contributed by atoms with Crippen LogP contribution in [0.2, 0.25) is 0 Å². The van der Waals surface area contributed by atoms with Crippen LogP contribution in [-0.2, 0) is 4.74 Å². The highest BCUT2D eigenvalue weighted by atomic mass is 32.2. The molecular formula is C19H22N4O2S2. The van der Waals surface area contributed by atoms with Crippen molar-refractivity contribution in [3.63, 3.8) is 0 Å². The van der Waals surface area contributed by atoms with Gasteiger partial charge in [0.05, 0.1) is 25.7 Å². The van der Waals surface area contributed by atoms with Gasteiger partial charge < -0.3 is 15.2 Å². The topological polar surface area (TPSA) is 73.5 Å². The number of thioether (sulfide) groups is 1. The van der Waals surface area contributed by atoms with Gasteiger partial charge in [-0.1, -0.05) is 23.9 Å². The van der Waals surface area contributed by atoms with E-state index in [1.165, 1.54) is 0 Å². The first-order chi connectivity index (χ1) is 13.2. The average Bonchev–Trinajstić information content (AvgIpc) is 3.13. The monoisotopic (exact) mass is 402 g/mol. The molecule has 1 aromatic carbocycles. The van der Waals surface area contributed by atoms with Gasteiger partial charge in [-0.2, -0.15) is 0 Å². The number of anilines is 1. The number of hydrogen-bond acceptors (Lipinski definition) is 8. The Balaban J connectivity index is 1.50. The van der Waals surface area contributed by atoms with Gasteiger partial charge in [0.1, 0.15) is 16.4 Å². The molecule has 4 rings (SSSR count). The summed E-state index contributed by atoms with van der Waals surface area (Å²) in [4.78, 5) is 12.6. The lowest BCUT2D eigenvalue weighted by molar-refractivity contribution is 0.0410. The number of benzene rings is 1. The van der Waals surface area contributed by atoms with E-state index in [0.29, 0.717) is 5.82 Å². The molecule has 0 atom stereocenters. The van der Waals surface area contributed by atoms with Crippen LogP contribution in [0.1, 0.15) is 0 Å². The van der Waals surface area contributed by atoms with Crippen LogP contribution in [0, 0.1) is 0 Å². The van der Waals surface area contributed by atoms with Crippen LogP contribution in [-0.4, -0.2) is 60.6 Å². The number of nitrogens with two attached hydrogens (primary N) is 1. The van der Waals surface area contributed by atoms with Gasteiger partial charge in [-0.3, -0.25) is 4.90 Å². The van der Waals surface area contributed by atoms with Gasteiger partial charge in [0.15, 0.2) is 5.16 Å². The van der Waals surface area contributed by atoms with Crippen LogP contribution in [0.5, 0.6) is 5.75 Å². The highest BCUT2D eigenvalue weighted by Crippen LogP contribution is 2.37. The van der Waals surface area contributed by atoms with E-state index in [2.05, 4.69) is 15.3 Å². The zero-order chi connectivity index (χ0) is 18.6. The molecule has 3 heterocycles. The second-order valence-electron chi connectivity index (χ2n) is 6.25. The molecule has 27 heavy (non-hydrogen) atoms. The molecule has 0 bridgehead atoms. The van der Waals surface area contributed by atoms with Crippen LogP contribution >= 0.6 is 23.1 Å². The Labute approximate surface area is 166 Å². The Morgan fingerprint density at radius 2 is 2.00 bits per heavy atom. The molecule has 8 heteroatoms. The van der Waals surface area contributed by atoms with Crippen LogP contribution in [0.25, 0.3) is 21.3 Å². The average molecular weight is 403 g/mol. The van der Waals surface area contributed by atoms with Crippen LogP contribution in [0.4, 0.5) is 5.82 Å². The second-order valence-corrected chi connectivity index (χ2v) is 8.17. The molecule has 6 nitrogen and oxygen atoms in total. The molecule has 0 saturated carbocycles. The lowest BCUT2D eigenvalue weighted by Crippen LogP contribution is -2.37. The lowest BCUT2D eigenvalue weighted by atomic mass is 10.1. The second kappa shape index (κ2) is 8.43. The third-order valence-corrected chi connectivity index (χ3v) is 6.28. The summed E-state index contributed by atoms with van der Waals surface area (Å²) in [6.07, 6.45) is 0. The molecule has 1 saturated heterocycles. The van der Waals surface area contributed by atoms with Gasteiger partial charge in [0.25, 0.3) is 0 Å². The van der Waals surface area contributed by atoms with Crippen LogP contribution in [0.15, 0.2) is 34.8 Å². The molecule has 2 N–H and O–H groups in total. The van der Waals surface area contributed by atoms with Crippen molar-refractivity contribution in [1.82, 2.24) is 14.9 Å². The third kappa shape index (κ3) is 4.19. The van der Waals surface area contributed by atoms with Gasteiger partial charge in [-0.05, 0) is 17.7 Å². The zero-order valence-corrected chi connectivity index (χ0v) is 16.8. The summed E-state index contributed by atoms with van der Waals surface area (Å²) in [7, 11) is 1.67. The summed E-state index contributed by atoms with van der Waals surface area (Å²) in [5, 5.41) is 3.78. The number of fused-ring (bicyclic) bond motifs is 1. The predicted octanol–water partition coefficient (Wildman–Crippen LogP) is 3.37. The van der Waals surface area contributed by atoms with E-state index in [1.54, 1.807) is 30.2 Å². The lowest BCUT2D eigenvalue weighted by Gasteiger charge is -2.26. The van der Waals surface area contributed by atoms with Crippen LogP contribution in [0.3, 0.4) is 0 Å². The minimum atomic E-state index is 0.543. The number of methoxy groups -OCH3 is 1. The van der Waals surface area contributed by atoms with Crippen molar-refractivity contribution in [3.05, 3.63) is 29.6 Å². The number of nitrogens with zero attached hydrogens (tertiary/aromatic N) is 3. The smallest absolute Gasteiger partial charge is 0.190 e. The molecule has 1 aliphatic rings. The number of thiophene rings is 1. The number of aromatic nitrogens is 2. The summed E-state index contributed by atoms with van der Waals surface area (Å²) in [5.41, 5.74) is 8.46. The summed E-state index contributed by atoms with van der Waals surface area (Å²) >= 11 is 3.26. The fraction of sp³-hybridized carbons (Fsp3) is 0.368. The van der Waals surface area contributed by atoms with Crippen molar-refractivity contribution < 1.29 is 9.47 Å². The van der Waals surface area contributed by atoms with Gasteiger partial charge in [0, 0.05) is 36.3 Å². The first kappa shape index (κ1) is 18.5. The number of rotatable bonds is 6.